The Balaban J connectivity index is 2.19. The van der Waals surface area contributed by atoms with E-state index in [0.29, 0.717) is 18.7 Å². The number of halogens is 2. The van der Waals surface area contributed by atoms with Crippen LogP contribution in [0, 0.1) is 12.7 Å². The number of nitrogens with zero attached hydrogens (tertiary/aromatic N) is 1. The minimum atomic E-state index is -0.551. The van der Waals surface area contributed by atoms with Crippen molar-refractivity contribution in [1.82, 2.24) is 10.0 Å². The van der Waals surface area contributed by atoms with Gasteiger partial charge in [0.1, 0.15) is 10.8 Å². The van der Waals surface area contributed by atoms with E-state index in [9.17, 15) is 14.0 Å². The molecular weight excluding hydrogens is 349 g/mol. The Kier molecular flexibility index (Phi) is 4.78. The molecule has 2 heterocycles. The number of hydrogen-bond donors (Lipinski definition) is 2. The first kappa shape index (κ1) is 17.4. The Morgan fingerprint density at radius 2 is 2.16 bits per heavy atom. The van der Waals surface area contributed by atoms with E-state index in [1.807, 2.05) is 0 Å². The summed E-state index contributed by atoms with van der Waals surface area (Å²) in [5.74, 6) is -1.06. The fraction of sp³-hybridized carbons (Fsp3) is 0.294. The van der Waals surface area contributed by atoms with Crippen LogP contribution < -0.4 is 16.4 Å². The number of aromatic nitrogens is 1. The molecule has 0 aliphatic carbocycles. The van der Waals surface area contributed by atoms with Crippen molar-refractivity contribution in [2.45, 2.75) is 26.3 Å². The molecule has 3 rings (SSSR count). The van der Waals surface area contributed by atoms with Gasteiger partial charge in [0.25, 0.3) is 11.5 Å². The molecule has 0 bridgehead atoms. The second kappa shape index (κ2) is 6.85. The van der Waals surface area contributed by atoms with Crippen molar-refractivity contribution in [3.63, 3.8) is 0 Å². The standard InChI is InChI=1S/C17H17ClFN3O3/c1-9-5-6-11(10(19)8-9)20-15-13(16(23)21-25-2)12-4-3-7-22(12)17(24)14(15)18/h5-6,8,20H,3-4,7H2,1-2H3,(H,21,23). The second-order valence-corrected chi connectivity index (χ2v) is 6.19. The fourth-order valence-electron chi connectivity index (χ4n) is 3.00. The lowest BCUT2D eigenvalue weighted by Gasteiger charge is -2.18. The Bertz CT molecular complexity index is 911. The van der Waals surface area contributed by atoms with Crippen molar-refractivity contribution in [1.29, 1.82) is 0 Å². The van der Waals surface area contributed by atoms with Gasteiger partial charge in [-0.1, -0.05) is 17.7 Å². The van der Waals surface area contributed by atoms with Gasteiger partial charge >= 0.3 is 0 Å². The summed E-state index contributed by atoms with van der Waals surface area (Å²) >= 11 is 6.22. The number of nitrogens with one attached hydrogen (secondary N) is 2. The first-order chi connectivity index (χ1) is 11.9. The molecule has 0 fully saturated rings. The smallest absolute Gasteiger partial charge is 0.278 e. The lowest BCUT2D eigenvalue weighted by molar-refractivity contribution is 0.0537. The Labute approximate surface area is 148 Å². The summed E-state index contributed by atoms with van der Waals surface area (Å²) in [6.45, 7) is 2.25. The highest BCUT2D eigenvalue weighted by atomic mass is 35.5. The first-order valence-corrected chi connectivity index (χ1v) is 8.13. The zero-order valence-corrected chi connectivity index (χ0v) is 14.5. The zero-order chi connectivity index (χ0) is 18.1. The van der Waals surface area contributed by atoms with Gasteiger partial charge in [-0.25, -0.2) is 9.87 Å². The van der Waals surface area contributed by atoms with Crippen molar-refractivity contribution in [2.75, 3.05) is 12.4 Å². The van der Waals surface area contributed by atoms with E-state index < -0.39 is 17.3 Å². The van der Waals surface area contributed by atoms with Gasteiger partial charge in [0.15, 0.2) is 0 Å². The molecule has 2 N–H and O–H groups in total. The van der Waals surface area contributed by atoms with Crippen LogP contribution in [-0.2, 0) is 17.8 Å². The Morgan fingerprint density at radius 3 is 2.84 bits per heavy atom. The van der Waals surface area contributed by atoms with Crippen molar-refractivity contribution in [3.05, 3.63) is 56.2 Å². The van der Waals surface area contributed by atoms with Crippen LogP contribution in [-0.4, -0.2) is 17.6 Å². The molecule has 2 aromatic rings. The van der Waals surface area contributed by atoms with Gasteiger partial charge < -0.3 is 9.88 Å². The fourth-order valence-corrected chi connectivity index (χ4v) is 3.24. The first-order valence-electron chi connectivity index (χ1n) is 7.75. The molecule has 1 amide bonds. The topological polar surface area (TPSA) is 72.4 Å². The predicted octanol–water partition coefficient (Wildman–Crippen LogP) is 2.93. The van der Waals surface area contributed by atoms with Gasteiger partial charge in [-0.2, -0.15) is 0 Å². The summed E-state index contributed by atoms with van der Waals surface area (Å²) in [4.78, 5) is 29.7. The summed E-state index contributed by atoms with van der Waals surface area (Å²) < 4.78 is 15.7. The molecule has 0 unspecified atom stereocenters. The van der Waals surface area contributed by atoms with E-state index in [2.05, 4.69) is 10.8 Å². The average Bonchev–Trinajstić information content (AvgIpc) is 3.04. The van der Waals surface area contributed by atoms with Crippen LogP contribution in [0.15, 0.2) is 23.0 Å². The molecule has 8 heteroatoms. The molecule has 0 saturated heterocycles. The number of anilines is 2. The number of hydrogen-bond acceptors (Lipinski definition) is 4. The number of benzene rings is 1. The molecule has 1 aliphatic heterocycles. The third kappa shape index (κ3) is 3.12. The molecule has 6 nitrogen and oxygen atoms in total. The lowest BCUT2D eigenvalue weighted by Crippen LogP contribution is -2.30. The van der Waals surface area contributed by atoms with Gasteiger partial charge in [0.2, 0.25) is 0 Å². The normalized spacial score (nSPS) is 12.8. The summed E-state index contributed by atoms with van der Waals surface area (Å²) in [7, 11) is 1.31. The van der Waals surface area contributed by atoms with E-state index in [0.717, 1.165) is 12.0 Å². The van der Waals surface area contributed by atoms with E-state index in [1.54, 1.807) is 13.0 Å². The maximum Gasteiger partial charge on any atom is 0.278 e. The van der Waals surface area contributed by atoms with Gasteiger partial charge in [0.05, 0.1) is 24.0 Å². The molecule has 25 heavy (non-hydrogen) atoms. The highest BCUT2D eigenvalue weighted by molar-refractivity contribution is 6.34. The molecule has 0 radical (unpaired) electrons. The molecule has 0 spiro atoms. The number of hydroxylamine groups is 1. The van der Waals surface area contributed by atoms with Crippen LogP contribution in [0.3, 0.4) is 0 Å². The molecule has 1 aromatic carbocycles. The van der Waals surface area contributed by atoms with E-state index in [4.69, 9.17) is 16.4 Å². The monoisotopic (exact) mass is 365 g/mol. The highest BCUT2D eigenvalue weighted by Gasteiger charge is 2.28. The number of rotatable bonds is 4. The van der Waals surface area contributed by atoms with Crippen LogP contribution in [0.5, 0.6) is 0 Å². The highest BCUT2D eigenvalue weighted by Crippen LogP contribution is 2.33. The molecule has 132 valence electrons. The predicted molar refractivity (Wildman–Crippen MR) is 92.9 cm³/mol. The lowest BCUT2D eigenvalue weighted by atomic mass is 10.1. The minimum absolute atomic E-state index is 0.0807. The summed E-state index contributed by atoms with van der Waals surface area (Å²) in [6, 6.07) is 4.60. The summed E-state index contributed by atoms with van der Waals surface area (Å²) in [5.41, 5.74) is 3.53. The van der Waals surface area contributed by atoms with Crippen LogP contribution in [0.2, 0.25) is 5.02 Å². The Hall–Kier alpha value is -2.38. The number of aryl methyl sites for hydroxylation is 1. The van der Waals surface area contributed by atoms with E-state index in [1.165, 1.54) is 23.8 Å². The van der Waals surface area contributed by atoms with Crippen molar-refractivity contribution in [3.8, 4) is 0 Å². The van der Waals surface area contributed by atoms with Gasteiger partial charge in [-0.3, -0.25) is 14.4 Å². The second-order valence-electron chi connectivity index (χ2n) is 5.81. The van der Waals surface area contributed by atoms with Gasteiger partial charge in [-0.05, 0) is 37.5 Å². The van der Waals surface area contributed by atoms with Crippen LogP contribution in [0.25, 0.3) is 0 Å². The number of carbonyl (C=O) groups excluding carboxylic acids is 1. The minimum Gasteiger partial charge on any atom is -0.351 e. The summed E-state index contributed by atoms with van der Waals surface area (Å²) in [5, 5.41) is 2.65. The maximum absolute atomic E-state index is 14.2. The van der Waals surface area contributed by atoms with Gasteiger partial charge in [-0.15, -0.1) is 0 Å². The van der Waals surface area contributed by atoms with Crippen LogP contribution >= 0.6 is 11.6 Å². The SMILES string of the molecule is CONC(=O)c1c(Nc2ccc(C)cc2F)c(Cl)c(=O)n2c1CCC2. The average molecular weight is 366 g/mol. The molecule has 1 aliphatic rings. The molecule has 1 aromatic heterocycles. The van der Waals surface area contributed by atoms with Crippen molar-refractivity contribution in [2.24, 2.45) is 0 Å². The number of carbonyl (C=O) groups is 1. The summed E-state index contributed by atoms with van der Waals surface area (Å²) in [6.07, 6.45) is 1.27. The van der Waals surface area contributed by atoms with Crippen LogP contribution in [0.4, 0.5) is 15.8 Å². The number of amides is 1. The maximum atomic E-state index is 14.2. The van der Waals surface area contributed by atoms with Crippen molar-refractivity contribution < 1.29 is 14.0 Å². The Morgan fingerprint density at radius 1 is 1.40 bits per heavy atom. The zero-order valence-electron chi connectivity index (χ0n) is 13.8. The third-order valence-corrected chi connectivity index (χ3v) is 4.47. The molecular formula is C17H17ClFN3O3. The number of pyridine rings is 1. The largest absolute Gasteiger partial charge is 0.351 e. The third-order valence-electron chi connectivity index (χ3n) is 4.12. The van der Waals surface area contributed by atoms with Crippen LogP contribution in [0.1, 0.15) is 28.0 Å². The van der Waals surface area contributed by atoms with E-state index >= 15 is 0 Å². The molecule has 0 atom stereocenters. The molecule has 0 saturated carbocycles. The number of fused-ring (bicyclic) bond motifs is 1. The quantitative estimate of drug-likeness (QED) is 0.817. The van der Waals surface area contributed by atoms with E-state index in [-0.39, 0.29) is 22.0 Å². The van der Waals surface area contributed by atoms with Crippen molar-refractivity contribution >= 4 is 28.9 Å². The van der Waals surface area contributed by atoms with Gasteiger partial charge in [0, 0.05) is 12.2 Å².